The molecule has 0 heterocycles. The average Bonchev–Trinajstić information content (AvgIpc) is 2.39. The van der Waals surface area contributed by atoms with Crippen molar-refractivity contribution in [1.82, 2.24) is 0 Å². The highest BCUT2D eigenvalue weighted by atomic mass is 16.4. The molecule has 0 aliphatic rings. The summed E-state index contributed by atoms with van der Waals surface area (Å²) in [4.78, 5) is 12.8. The summed E-state index contributed by atoms with van der Waals surface area (Å²) in [6.45, 7) is 3.63. The molecule has 4 heteroatoms. The third kappa shape index (κ3) is 6.13. The van der Waals surface area contributed by atoms with E-state index in [0.717, 1.165) is 24.3 Å². The standard InChI is InChI=1S/C15H24N2O2/c1-2-3-4-5-11-17(12-10-15(18)19)14-8-6-13(16)7-9-14/h6-9H,2-5,10-12,16H2,1H3,(H,18,19). The summed E-state index contributed by atoms with van der Waals surface area (Å²) >= 11 is 0. The van der Waals surface area contributed by atoms with E-state index in [1.54, 1.807) is 0 Å². The van der Waals surface area contributed by atoms with Gasteiger partial charge in [-0.2, -0.15) is 0 Å². The largest absolute Gasteiger partial charge is 0.481 e. The third-order valence-electron chi connectivity index (χ3n) is 3.14. The Hall–Kier alpha value is -1.71. The smallest absolute Gasteiger partial charge is 0.305 e. The molecule has 1 rings (SSSR count). The van der Waals surface area contributed by atoms with Crippen molar-refractivity contribution < 1.29 is 9.90 Å². The molecule has 0 saturated heterocycles. The Balaban J connectivity index is 2.57. The first-order chi connectivity index (χ1) is 9.13. The zero-order valence-electron chi connectivity index (χ0n) is 11.6. The third-order valence-corrected chi connectivity index (χ3v) is 3.14. The summed E-state index contributed by atoms with van der Waals surface area (Å²) in [6, 6.07) is 7.62. The summed E-state index contributed by atoms with van der Waals surface area (Å²) in [6.07, 6.45) is 4.89. The summed E-state index contributed by atoms with van der Waals surface area (Å²) < 4.78 is 0. The van der Waals surface area contributed by atoms with Gasteiger partial charge in [0.25, 0.3) is 0 Å². The number of carboxylic acid groups (broad SMARTS) is 1. The molecule has 3 N–H and O–H groups in total. The normalized spacial score (nSPS) is 10.4. The van der Waals surface area contributed by atoms with Crippen LogP contribution in [0.5, 0.6) is 0 Å². The maximum atomic E-state index is 10.7. The summed E-state index contributed by atoms with van der Waals surface area (Å²) in [5, 5.41) is 8.82. The highest BCUT2D eigenvalue weighted by molar-refractivity contribution is 5.67. The number of hydrogen-bond donors (Lipinski definition) is 2. The zero-order chi connectivity index (χ0) is 14.1. The minimum atomic E-state index is -0.756. The zero-order valence-corrected chi connectivity index (χ0v) is 11.6. The molecular weight excluding hydrogens is 240 g/mol. The second-order valence-corrected chi connectivity index (χ2v) is 4.78. The first-order valence-electron chi connectivity index (χ1n) is 6.95. The minimum absolute atomic E-state index is 0.165. The number of nitrogens with two attached hydrogens (primary N) is 1. The topological polar surface area (TPSA) is 66.6 Å². The lowest BCUT2D eigenvalue weighted by Gasteiger charge is -2.24. The molecule has 106 valence electrons. The van der Waals surface area contributed by atoms with E-state index in [1.165, 1.54) is 19.3 Å². The molecule has 0 atom stereocenters. The van der Waals surface area contributed by atoms with Crippen molar-refractivity contribution in [1.29, 1.82) is 0 Å². The number of carboxylic acids is 1. The number of rotatable bonds is 9. The number of nitrogens with zero attached hydrogens (tertiary/aromatic N) is 1. The summed E-state index contributed by atoms with van der Waals surface area (Å²) in [5.74, 6) is -0.756. The van der Waals surface area contributed by atoms with Crippen LogP contribution in [-0.4, -0.2) is 24.2 Å². The molecule has 1 aromatic rings. The van der Waals surface area contributed by atoms with Crippen LogP contribution in [0.3, 0.4) is 0 Å². The van der Waals surface area contributed by atoms with E-state index < -0.39 is 5.97 Å². The first kappa shape index (κ1) is 15.3. The molecule has 0 radical (unpaired) electrons. The SMILES string of the molecule is CCCCCCN(CCC(=O)O)c1ccc(N)cc1. The number of hydrogen-bond acceptors (Lipinski definition) is 3. The Morgan fingerprint density at radius 3 is 2.42 bits per heavy atom. The lowest BCUT2D eigenvalue weighted by molar-refractivity contribution is -0.136. The van der Waals surface area contributed by atoms with E-state index >= 15 is 0 Å². The Morgan fingerprint density at radius 2 is 1.84 bits per heavy atom. The molecule has 4 nitrogen and oxygen atoms in total. The lowest BCUT2D eigenvalue weighted by atomic mass is 10.2. The molecule has 0 unspecified atom stereocenters. The van der Waals surface area contributed by atoms with Gasteiger partial charge in [0.2, 0.25) is 0 Å². The second kappa shape index (κ2) is 8.40. The predicted molar refractivity (Wildman–Crippen MR) is 79.5 cm³/mol. The number of nitrogen functional groups attached to an aromatic ring is 1. The van der Waals surface area contributed by atoms with Crippen LogP contribution >= 0.6 is 0 Å². The van der Waals surface area contributed by atoms with Crippen molar-refractivity contribution in [3.8, 4) is 0 Å². The highest BCUT2D eigenvalue weighted by Crippen LogP contribution is 2.17. The van der Waals surface area contributed by atoms with Gasteiger partial charge in [-0.05, 0) is 30.7 Å². The van der Waals surface area contributed by atoms with Gasteiger partial charge in [-0.15, -0.1) is 0 Å². The molecule has 19 heavy (non-hydrogen) atoms. The molecule has 0 saturated carbocycles. The van der Waals surface area contributed by atoms with Gasteiger partial charge in [-0.1, -0.05) is 26.2 Å². The number of aliphatic carboxylic acids is 1. The molecule has 0 amide bonds. The summed E-state index contributed by atoms with van der Waals surface area (Å²) in [7, 11) is 0. The van der Waals surface area contributed by atoms with Crippen LogP contribution in [0.25, 0.3) is 0 Å². The number of unbranched alkanes of at least 4 members (excludes halogenated alkanes) is 3. The van der Waals surface area contributed by atoms with Crippen molar-refractivity contribution in [2.75, 3.05) is 23.7 Å². The molecule has 0 fully saturated rings. The van der Waals surface area contributed by atoms with Gasteiger partial charge in [0, 0.05) is 24.5 Å². The predicted octanol–water partition coefficient (Wildman–Crippen LogP) is 3.13. The van der Waals surface area contributed by atoms with Crippen LogP contribution in [0.1, 0.15) is 39.0 Å². The van der Waals surface area contributed by atoms with E-state index in [2.05, 4.69) is 11.8 Å². The monoisotopic (exact) mass is 264 g/mol. The molecule has 1 aromatic carbocycles. The van der Waals surface area contributed by atoms with E-state index in [0.29, 0.717) is 6.54 Å². The minimum Gasteiger partial charge on any atom is -0.481 e. The van der Waals surface area contributed by atoms with Crippen molar-refractivity contribution in [2.24, 2.45) is 0 Å². The molecule has 0 bridgehead atoms. The van der Waals surface area contributed by atoms with Crippen molar-refractivity contribution >= 4 is 17.3 Å². The van der Waals surface area contributed by atoms with Gasteiger partial charge in [0.15, 0.2) is 0 Å². The van der Waals surface area contributed by atoms with E-state index in [-0.39, 0.29) is 6.42 Å². The van der Waals surface area contributed by atoms with Crippen LogP contribution in [0.2, 0.25) is 0 Å². The van der Waals surface area contributed by atoms with Crippen molar-refractivity contribution in [2.45, 2.75) is 39.0 Å². The van der Waals surface area contributed by atoms with Crippen molar-refractivity contribution in [3.63, 3.8) is 0 Å². The van der Waals surface area contributed by atoms with E-state index in [1.807, 2.05) is 24.3 Å². The molecule has 0 aliphatic heterocycles. The maximum Gasteiger partial charge on any atom is 0.305 e. The van der Waals surface area contributed by atoms with Gasteiger partial charge < -0.3 is 15.7 Å². The average molecular weight is 264 g/mol. The fraction of sp³-hybridized carbons (Fsp3) is 0.533. The molecule has 0 spiro atoms. The van der Waals surface area contributed by atoms with E-state index in [9.17, 15) is 4.79 Å². The lowest BCUT2D eigenvalue weighted by Crippen LogP contribution is -2.27. The van der Waals surface area contributed by atoms with E-state index in [4.69, 9.17) is 10.8 Å². The molecular formula is C15H24N2O2. The Morgan fingerprint density at radius 1 is 1.16 bits per heavy atom. The molecule has 0 aromatic heterocycles. The van der Waals surface area contributed by atoms with Crippen LogP contribution in [-0.2, 0) is 4.79 Å². The van der Waals surface area contributed by atoms with Gasteiger partial charge in [-0.25, -0.2) is 0 Å². The molecule has 0 aliphatic carbocycles. The fourth-order valence-electron chi connectivity index (χ4n) is 2.02. The summed E-state index contributed by atoms with van der Waals surface area (Å²) in [5.41, 5.74) is 7.45. The second-order valence-electron chi connectivity index (χ2n) is 4.78. The van der Waals surface area contributed by atoms with Gasteiger partial charge in [0.05, 0.1) is 6.42 Å². The van der Waals surface area contributed by atoms with Crippen LogP contribution in [0.4, 0.5) is 11.4 Å². The van der Waals surface area contributed by atoms with Crippen LogP contribution < -0.4 is 10.6 Å². The Labute approximate surface area is 115 Å². The Bertz CT molecular complexity index is 376. The number of carbonyl (C=O) groups is 1. The van der Waals surface area contributed by atoms with Gasteiger partial charge >= 0.3 is 5.97 Å². The van der Waals surface area contributed by atoms with Crippen LogP contribution in [0.15, 0.2) is 24.3 Å². The Kier molecular flexibility index (Phi) is 6.79. The van der Waals surface area contributed by atoms with Crippen LogP contribution in [0, 0.1) is 0 Å². The number of anilines is 2. The van der Waals surface area contributed by atoms with Gasteiger partial charge in [0.1, 0.15) is 0 Å². The fourth-order valence-corrected chi connectivity index (χ4v) is 2.02. The quantitative estimate of drug-likeness (QED) is 0.531. The maximum absolute atomic E-state index is 10.7. The number of benzene rings is 1. The first-order valence-corrected chi connectivity index (χ1v) is 6.95. The van der Waals surface area contributed by atoms with Gasteiger partial charge in [-0.3, -0.25) is 4.79 Å². The highest BCUT2D eigenvalue weighted by Gasteiger charge is 2.08. The van der Waals surface area contributed by atoms with Crippen molar-refractivity contribution in [3.05, 3.63) is 24.3 Å².